The molecule has 0 radical (unpaired) electrons. The molecule has 156 valence electrons. The van der Waals surface area contributed by atoms with Crippen LogP contribution in [0.25, 0.3) is 0 Å². The molecule has 0 saturated carbocycles. The van der Waals surface area contributed by atoms with E-state index in [1.165, 1.54) is 0 Å². The van der Waals surface area contributed by atoms with Gasteiger partial charge in [-0.2, -0.15) is 0 Å². The van der Waals surface area contributed by atoms with Crippen LogP contribution in [0.4, 0.5) is 5.82 Å². The number of pyridine rings is 1. The third-order valence-corrected chi connectivity index (χ3v) is 5.19. The largest absolute Gasteiger partial charge is 0.493 e. The van der Waals surface area contributed by atoms with E-state index in [0.717, 1.165) is 25.3 Å². The number of anilines is 1. The summed E-state index contributed by atoms with van der Waals surface area (Å²) in [5.74, 6) is 2.71. The number of hydrogen-bond donors (Lipinski definition) is 0. The van der Waals surface area contributed by atoms with Gasteiger partial charge < -0.3 is 19.3 Å². The third kappa shape index (κ3) is 5.54. The molecule has 2 heterocycles. The van der Waals surface area contributed by atoms with Crippen LogP contribution in [0.3, 0.4) is 0 Å². The Morgan fingerprint density at radius 1 is 1.14 bits per heavy atom. The number of halogens is 1. The lowest BCUT2D eigenvalue weighted by molar-refractivity contribution is 0.0746. The van der Waals surface area contributed by atoms with Crippen molar-refractivity contribution >= 4 is 23.3 Å². The van der Waals surface area contributed by atoms with Gasteiger partial charge in [0.1, 0.15) is 5.82 Å². The van der Waals surface area contributed by atoms with E-state index >= 15 is 0 Å². The first-order valence-electron chi connectivity index (χ1n) is 9.94. The van der Waals surface area contributed by atoms with Gasteiger partial charge >= 0.3 is 0 Å². The number of benzene rings is 1. The van der Waals surface area contributed by atoms with Crippen molar-refractivity contribution in [2.24, 2.45) is 5.92 Å². The van der Waals surface area contributed by atoms with E-state index in [2.05, 4.69) is 23.7 Å². The average Bonchev–Trinajstić information content (AvgIpc) is 2.74. The molecule has 1 aliphatic heterocycles. The molecule has 1 aromatic carbocycles. The van der Waals surface area contributed by atoms with Crippen LogP contribution in [0.1, 0.15) is 30.6 Å². The highest BCUT2D eigenvalue weighted by molar-refractivity contribution is 6.30. The quantitative estimate of drug-likeness (QED) is 0.677. The first kappa shape index (κ1) is 21.2. The van der Waals surface area contributed by atoms with Gasteiger partial charge in [0.15, 0.2) is 11.5 Å². The van der Waals surface area contributed by atoms with Gasteiger partial charge in [-0.3, -0.25) is 4.79 Å². The van der Waals surface area contributed by atoms with Gasteiger partial charge in [0, 0.05) is 37.9 Å². The number of hydrogen-bond acceptors (Lipinski definition) is 5. The second-order valence-electron chi connectivity index (χ2n) is 7.51. The SMILES string of the molecule is COc1cc(C(=O)N2CCN(c3ccc(Cl)cn3)CC2)ccc1OCCC(C)C. The maximum absolute atomic E-state index is 12.9. The van der Waals surface area contributed by atoms with Crippen LogP contribution in [0.15, 0.2) is 36.5 Å². The van der Waals surface area contributed by atoms with Crippen molar-refractivity contribution in [3.05, 3.63) is 47.1 Å². The predicted molar refractivity (Wildman–Crippen MR) is 115 cm³/mol. The van der Waals surface area contributed by atoms with Gasteiger partial charge in [-0.15, -0.1) is 0 Å². The molecule has 1 aliphatic rings. The molecule has 0 unspecified atom stereocenters. The molecule has 3 rings (SSSR count). The maximum Gasteiger partial charge on any atom is 0.254 e. The molecule has 0 spiro atoms. The van der Waals surface area contributed by atoms with E-state index in [0.29, 0.717) is 47.7 Å². The van der Waals surface area contributed by atoms with Crippen molar-refractivity contribution in [1.29, 1.82) is 0 Å². The van der Waals surface area contributed by atoms with E-state index in [-0.39, 0.29) is 5.91 Å². The minimum Gasteiger partial charge on any atom is -0.493 e. The Kier molecular flexibility index (Phi) is 7.20. The molecule has 29 heavy (non-hydrogen) atoms. The third-order valence-electron chi connectivity index (χ3n) is 4.97. The summed E-state index contributed by atoms with van der Waals surface area (Å²) in [5, 5.41) is 0.619. The summed E-state index contributed by atoms with van der Waals surface area (Å²) in [6.45, 7) is 7.68. The molecule has 2 aromatic rings. The zero-order valence-corrected chi connectivity index (χ0v) is 18.0. The van der Waals surface area contributed by atoms with E-state index in [4.69, 9.17) is 21.1 Å². The van der Waals surface area contributed by atoms with Gasteiger partial charge in [0.25, 0.3) is 5.91 Å². The lowest BCUT2D eigenvalue weighted by atomic mass is 10.1. The Hall–Kier alpha value is -2.47. The van der Waals surface area contributed by atoms with Crippen LogP contribution in [0, 0.1) is 5.92 Å². The fourth-order valence-electron chi connectivity index (χ4n) is 3.20. The molecule has 1 fully saturated rings. The maximum atomic E-state index is 12.9. The molecule has 0 N–H and O–H groups in total. The molecular formula is C22H28ClN3O3. The second kappa shape index (κ2) is 9.83. The predicted octanol–water partition coefficient (Wildman–Crippen LogP) is 4.13. The highest BCUT2D eigenvalue weighted by Crippen LogP contribution is 2.29. The van der Waals surface area contributed by atoms with Crippen molar-refractivity contribution in [1.82, 2.24) is 9.88 Å². The minimum absolute atomic E-state index is 0.000690. The zero-order valence-electron chi connectivity index (χ0n) is 17.2. The van der Waals surface area contributed by atoms with Crippen molar-refractivity contribution < 1.29 is 14.3 Å². The number of nitrogens with zero attached hydrogens (tertiary/aromatic N) is 3. The minimum atomic E-state index is 0.000690. The van der Waals surface area contributed by atoms with Crippen LogP contribution in [0.5, 0.6) is 11.5 Å². The summed E-state index contributed by atoms with van der Waals surface area (Å²) in [7, 11) is 1.59. The van der Waals surface area contributed by atoms with Gasteiger partial charge in [0.2, 0.25) is 0 Å². The van der Waals surface area contributed by atoms with E-state index < -0.39 is 0 Å². The number of carbonyl (C=O) groups excluding carboxylic acids is 1. The summed E-state index contributed by atoms with van der Waals surface area (Å²) in [6, 6.07) is 9.13. The molecular weight excluding hydrogens is 390 g/mol. The lowest BCUT2D eigenvalue weighted by Gasteiger charge is -2.35. The molecule has 1 saturated heterocycles. The molecule has 0 aliphatic carbocycles. The first-order valence-corrected chi connectivity index (χ1v) is 10.3. The highest BCUT2D eigenvalue weighted by Gasteiger charge is 2.23. The highest BCUT2D eigenvalue weighted by atomic mass is 35.5. The summed E-state index contributed by atoms with van der Waals surface area (Å²) in [4.78, 5) is 21.3. The zero-order chi connectivity index (χ0) is 20.8. The number of aromatic nitrogens is 1. The van der Waals surface area contributed by atoms with Crippen LogP contribution in [-0.2, 0) is 0 Å². The standard InChI is InChI=1S/C22H28ClN3O3/c1-16(2)8-13-29-19-6-4-17(14-20(19)28-3)22(27)26-11-9-25(10-12-26)21-7-5-18(23)15-24-21/h4-7,14-16H,8-13H2,1-3H3. The number of rotatable bonds is 7. The number of methoxy groups -OCH3 is 1. The Balaban J connectivity index is 1.61. The van der Waals surface area contributed by atoms with Crippen molar-refractivity contribution in [2.45, 2.75) is 20.3 Å². The summed E-state index contributed by atoms with van der Waals surface area (Å²) in [6.07, 6.45) is 2.61. The molecule has 1 amide bonds. The van der Waals surface area contributed by atoms with E-state index in [1.54, 1.807) is 19.4 Å². The van der Waals surface area contributed by atoms with Gasteiger partial charge in [-0.1, -0.05) is 25.4 Å². The number of piperazine rings is 1. The normalized spacial score (nSPS) is 14.2. The van der Waals surface area contributed by atoms with Crippen molar-refractivity contribution in [3.63, 3.8) is 0 Å². The van der Waals surface area contributed by atoms with Crippen LogP contribution < -0.4 is 14.4 Å². The second-order valence-corrected chi connectivity index (χ2v) is 7.95. The Morgan fingerprint density at radius 2 is 1.90 bits per heavy atom. The summed E-state index contributed by atoms with van der Waals surface area (Å²) >= 11 is 5.91. The summed E-state index contributed by atoms with van der Waals surface area (Å²) in [5.41, 5.74) is 0.608. The van der Waals surface area contributed by atoms with Crippen molar-refractivity contribution in [3.8, 4) is 11.5 Å². The molecule has 6 nitrogen and oxygen atoms in total. The smallest absolute Gasteiger partial charge is 0.254 e. The Labute approximate surface area is 177 Å². The molecule has 1 aromatic heterocycles. The molecule has 0 bridgehead atoms. The number of amides is 1. The lowest BCUT2D eigenvalue weighted by Crippen LogP contribution is -2.49. The van der Waals surface area contributed by atoms with Gasteiger partial charge in [-0.05, 0) is 42.7 Å². The number of ether oxygens (including phenoxy) is 2. The van der Waals surface area contributed by atoms with Crippen LogP contribution >= 0.6 is 11.6 Å². The average molecular weight is 418 g/mol. The Morgan fingerprint density at radius 3 is 2.52 bits per heavy atom. The summed E-state index contributed by atoms with van der Waals surface area (Å²) < 4.78 is 11.3. The fraction of sp³-hybridized carbons (Fsp3) is 0.455. The van der Waals surface area contributed by atoms with Gasteiger partial charge in [-0.25, -0.2) is 4.98 Å². The monoisotopic (exact) mass is 417 g/mol. The topological polar surface area (TPSA) is 54.9 Å². The Bertz CT molecular complexity index is 819. The van der Waals surface area contributed by atoms with E-state index in [1.807, 2.05) is 29.2 Å². The fourth-order valence-corrected chi connectivity index (χ4v) is 3.31. The number of carbonyl (C=O) groups is 1. The van der Waals surface area contributed by atoms with Crippen molar-refractivity contribution in [2.75, 3.05) is 44.8 Å². The van der Waals surface area contributed by atoms with Crippen LogP contribution in [0.2, 0.25) is 5.02 Å². The molecule has 0 atom stereocenters. The van der Waals surface area contributed by atoms with Gasteiger partial charge in [0.05, 0.1) is 18.7 Å². The first-order chi connectivity index (χ1) is 14.0. The van der Waals surface area contributed by atoms with E-state index in [9.17, 15) is 4.79 Å². The molecule has 7 heteroatoms. The van der Waals surface area contributed by atoms with Crippen LogP contribution in [-0.4, -0.2) is 55.7 Å².